The summed E-state index contributed by atoms with van der Waals surface area (Å²) in [5.41, 5.74) is 0.658. The van der Waals surface area contributed by atoms with Crippen molar-refractivity contribution in [2.24, 2.45) is 0 Å². The van der Waals surface area contributed by atoms with Gasteiger partial charge in [0.25, 0.3) is 5.91 Å². The lowest BCUT2D eigenvalue weighted by Gasteiger charge is -2.16. The molecule has 1 fully saturated rings. The molecule has 0 radical (unpaired) electrons. The number of nitrogens with zero attached hydrogens (tertiary/aromatic N) is 1. The minimum absolute atomic E-state index is 0.116. The van der Waals surface area contributed by atoms with E-state index in [1.54, 1.807) is 30.3 Å². The monoisotopic (exact) mass is 394 g/mol. The van der Waals surface area contributed by atoms with Crippen LogP contribution in [0.1, 0.15) is 23.2 Å². The Kier molecular flexibility index (Phi) is 5.50. The highest BCUT2D eigenvalue weighted by molar-refractivity contribution is 7.89. The fourth-order valence-electron chi connectivity index (χ4n) is 2.85. The van der Waals surface area contributed by atoms with Crippen molar-refractivity contribution in [3.8, 4) is 5.75 Å². The van der Waals surface area contributed by atoms with Gasteiger partial charge in [0.15, 0.2) is 0 Å². The first-order valence-electron chi connectivity index (χ1n) is 8.17. The molecule has 138 valence electrons. The number of anilines is 1. The van der Waals surface area contributed by atoms with Gasteiger partial charge in [0.2, 0.25) is 10.0 Å². The van der Waals surface area contributed by atoms with Crippen molar-refractivity contribution in [1.82, 2.24) is 4.31 Å². The first kappa shape index (κ1) is 18.7. The van der Waals surface area contributed by atoms with Crippen molar-refractivity contribution >= 4 is 33.2 Å². The van der Waals surface area contributed by atoms with Crippen molar-refractivity contribution in [2.75, 3.05) is 25.5 Å². The Bertz CT molecular complexity index is 925. The third-order valence-electron chi connectivity index (χ3n) is 4.21. The Morgan fingerprint density at radius 3 is 2.58 bits per heavy atom. The number of hydrogen-bond donors (Lipinski definition) is 1. The van der Waals surface area contributed by atoms with Gasteiger partial charge in [0, 0.05) is 23.7 Å². The number of methoxy groups -OCH3 is 1. The highest BCUT2D eigenvalue weighted by atomic mass is 35.5. The Morgan fingerprint density at radius 1 is 1.15 bits per heavy atom. The van der Waals surface area contributed by atoms with E-state index in [1.807, 2.05) is 0 Å². The van der Waals surface area contributed by atoms with E-state index in [-0.39, 0.29) is 10.5 Å². The maximum Gasteiger partial charge on any atom is 0.255 e. The van der Waals surface area contributed by atoms with Gasteiger partial charge in [0.1, 0.15) is 5.75 Å². The number of carbonyl (C=O) groups is 1. The number of sulfonamides is 1. The maximum atomic E-state index is 12.7. The quantitative estimate of drug-likeness (QED) is 0.843. The molecule has 8 heteroatoms. The molecule has 0 spiro atoms. The van der Waals surface area contributed by atoms with Crippen LogP contribution >= 0.6 is 11.6 Å². The molecule has 6 nitrogen and oxygen atoms in total. The van der Waals surface area contributed by atoms with Gasteiger partial charge in [-0.3, -0.25) is 4.79 Å². The number of rotatable bonds is 5. The van der Waals surface area contributed by atoms with E-state index in [0.29, 0.717) is 29.5 Å². The zero-order valence-electron chi connectivity index (χ0n) is 14.2. The standard InChI is InChI=1S/C18H19ClN2O4S/c1-25-17-8-7-14(19)12-16(17)20-18(22)13-5-4-6-15(11-13)26(23,24)21-9-2-3-10-21/h4-8,11-12H,2-3,9-10H2,1H3,(H,20,22). The van der Waals surface area contributed by atoms with E-state index >= 15 is 0 Å². The van der Waals surface area contributed by atoms with Crippen LogP contribution in [0.5, 0.6) is 5.75 Å². The SMILES string of the molecule is COc1ccc(Cl)cc1NC(=O)c1cccc(S(=O)(=O)N2CCCC2)c1. The summed E-state index contributed by atoms with van der Waals surface area (Å²) in [6.45, 7) is 1.02. The summed E-state index contributed by atoms with van der Waals surface area (Å²) in [6, 6.07) is 10.9. The Morgan fingerprint density at radius 2 is 1.88 bits per heavy atom. The summed E-state index contributed by atoms with van der Waals surface area (Å²) in [7, 11) is -2.09. The van der Waals surface area contributed by atoms with Crippen molar-refractivity contribution in [3.63, 3.8) is 0 Å². The zero-order valence-corrected chi connectivity index (χ0v) is 15.8. The summed E-state index contributed by atoms with van der Waals surface area (Å²) < 4.78 is 32.0. The fourth-order valence-corrected chi connectivity index (χ4v) is 4.58. The number of nitrogens with one attached hydrogen (secondary N) is 1. The van der Waals surface area contributed by atoms with Gasteiger partial charge in [-0.05, 0) is 49.2 Å². The van der Waals surface area contributed by atoms with Gasteiger partial charge in [-0.15, -0.1) is 0 Å². The lowest BCUT2D eigenvalue weighted by Crippen LogP contribution is -2.28. The molecule has 1 saturated heterocycles. The lowest BCUT2D eigenvalue weighted by atomic mass is 10.2. The van der Waals surface area contributed by atoms with Crippen LogP contribution in [-0.4, -0.2) is 38.8 Å². The molecule has 3 rings (SSSR count). The van der Waals surface area contributed by atoms with Crippen LogP contribution in [-0.2, 0) is 10.0 Å². The summed E-state index contributed by atoms with van der Waals surface area (Å²) in [5, 5.41) is 3.16. The van der Waals surface area contributed by atoms with Crippen LogP contribution < -0.4 is 10.1 Å². The molecule has 0 saturated carbocycles. The van der Waals surface area contributed by atoms with Gasteiger partial charge in [-0.25, -0.2) is 8.42 Å². The largest absolute Gasteiger partial charge is 0.495 e. The number of halogens is 1. The van der Waals surface area contributed by atoms with E-state index in [2.05, 4.69) is 5.32 Å². The predicted octanol–water partition coefficient (Wildman–Crippen LogP) is 3.39. The number of carbonyl (C=O) groups excluding carboxylic acids is 1. The molecular formula is C18H19ClN2O4S. The van der Waals surface area contributed by atoms with Gasteiger partial charge in [-0.1, -0.05) is 17.7 Å². The highest BCUT2D eigenvalue weighted by Gasteiger charge is 2.27. The molecule has 1 aliphatic heterocycles. The fraction of sp³-hybridized carbons (Fsp3) is 0.278. The van der Waals surface area contributed by atoms with Crippen LogP contribution in [0.25, 0.3) is 0 Å². The number of benzene rings is 2. The molecule has 0 bridgehead atoms. The van der Waals surface area contributed by atoms with Crippen molar-refractivity contribution < 1.29 is 17.9 Å². The van der Waals surface area contributed by atoms with E-state index in [0.717, 1.165) is 12.8 Å². The topological polar surface area (TPSA) is 75.7 Å². The third kappa shape index (κ3) is 3.85. The summed E-state index contributed by atoms with van der Waals surface area (Å²) in [6.07, 6.45) is 1.71. The molecule has 1 amide bonds. The minimum Gasteiger partial charge on any atom is -0.495 e. The molecule has 0 aliphatic carbocycles. The smallest absolute Gasteiger partial charge is 0.255 e. The third-order valence-corrected chi connectivity index (χ3v) is 6.34. The average Bonchev–Trinajstić information content (AvgIpc) is 3.17. The van der Waals surface area contributed by atoms with E-state index in [9.17, 15) is 13.2 Å². The van der Waals surface area contributed by atoms with Crippen molar-refractivity contribution in [3.05, 3.63) is 53.1 Å². The van der Waals surface area contributed by atoms with Crippen molar-refractivity contribution in [1.29, 1.82) is 0 Å². The molecule has 0 unspecified atom stereocenters. The van der Waals surface area contributed by atoms with Crippen LogP contribution in [0.3, 0.4) is 0 Å². The zero-order chi connectivity index (χ0) is 18.7. The molecule has 1 heterocycles. The molecule has 26 heavy (non-hydrogen) atoms. The normalized spacial score (nSPS) is 15.0. The Balaban J connectivity index is 1.86. The highest BCUT2D eigenvalue weighted by Crippen LogP contribution is 2.28. The van der Waals surface area contributed by atoms with Crippen molar-refractivity contribution in [2.45, 2.75) is 17.7 Å². The minimum atomic E-state index is -3.58. The second-order valence-electron chi connectivity index (χ2n) is 5.94. The van der Waals surface area contributed by atoms with E-state index < -0.39 is 15.9 Å². The molecule has 1 aliphatic rings. The van der Waals surface area contributed by atoms with E-state index in [4.69, 9.17) is 16.3 Å². The molecule has 2 aromatic rings. The molecule has 0 atom stereocenters. The number of hydrogen-bond acceptors (Lipinski definition) is 4. The van der Waals surface area contributed by atoms with Crippen LogP contribution in [0.15, 0.2) is 47.4 Å². The second-order valence-corrected chi connectivity index (χ2v) is 8.31. The molecule has 0 aromatic heterocycles. The van der Waals surface area contributed by atoms with Crippen LogP contribution in [0.4, 0.5) is 5.69 Å². The van der Waals surface area contributed by atoms with Crippen LogP contribution in [0.2, 0.25) is 5.02 Å². The summed E-state index contributed by atoms with van der Waals surface area (Å²) in [5.74, 6) is 0.0210. The number of ether oxygens (including phenoxy) is 1. The summed E-state index contributed by atoms with van der Waals surface area (Å²) >= 11 is 5.97. The molecule has 1 N–H and O–H groups in total. The number of amides is 1. The average molecular weight is 395 g/mol. The molecule has 2 aromatic carbocycles. The summed E-state index contributed by atoms with van der Waals surface area (Å²) in [4.78, 5) is 12.7. The first-order valence-corrected chi connectivity index (χ1v) is 9.99. The maximum absolute atomic E-state index is 12.7. The van der Waals surface area contributed by atoms with Gasteiger partial charge < -0.3 is 10.1 Å². The predicted molar refractivity (Wildman–Crippen MR) is 100 cm³/mol. The van der Waals surface area contributed by atoms with Crippen LogP contribution in [0, 0.1) is 0 Å². The molecular weight excluding hydrogens is 376 g/mol. The van der Waals surface area contributed by atoms with Gasteiger partial charge in [-0.2, -0.15) is 4.31 Å². The van der Waals surface area contributed by atoms with E-state index in [1.165, 1.54) is 23.5 Å². The van der Waals surface area contributed by atoms with Gasteiger partial charge in [0.05, 0.1) is 17.7 Å². The Labute approximate surface area is 157 Å². The van der Waals surface area contributed by atoms with Gasteiger partial charge >= 0.3 is 0 Å². The Hall–Kier alpha value is -2.09. The lowest BCUT2D eigenvalue weighted by molar-refractivity contribution is 0.102. The first-order chi connectivity index (χ1) is 12.4. The second kappa shape index (κ2) is 7.65.